The van der Waals surface area contributed by atoms with Gasteiger partial charge in [-0.25, -0.2) is 4.79 Å². The van der Waals surface area contributed by atoms with Crippen molar-refractivity contribution in [2.75, 3.05) is 13.7 Å². The molecule has 5 heteroatoms. The summed E-state index contributed by atoms with van der Waals surface area (Å²) in [5.41, 5.74) is 2.51. The molecule has 0 aliphatic rings. The second-order valence-corrected chi connectivity index (χ2v) is 5.49. The van der Waals surface area contributed by atoms with Gasteiger partial charge in [0.05, 0.1) is 13.7 Å². The minimum Gasteiger partial charge on any atom is -0.493 e. The Morgan fingerprint density at radius 3 is 2.75 bits per heavy atom. The molecule has 2 heterocycles. The summed E-state index contributed by atoms with van der Waals surface area (Å²) < 4.78 is 16.3. The van der Waals surface area contributed by atoms with E-state index in [-0.39, 0.29) is 5.76 Å². The third-order valence-corrected chi connectivity index (χ3v) is 3.93. The molecule has 0 amide bonds. The lowest BCUT2D eigenvalue weighted by Crippen LogP contribution is -2.07. The summed E-state index contributed by atoms with van der Waals surface area (Å²) in [5, 5.41) is 0.859. The number of nitrogens with zero attached hydrogens (tertiary/aromatic N) is 1. The second kappa shape index (κ2) is 7.17. The third kappa shape index (κ3) is 3.25. The van der Waals surface area contributed by atoms with E-state index in [4.69, 9.17) is 13.9 Å². The van der Waals surface area contributed by atoms with E-state index in [9.17, 15) is 4.79 Å². The zero-order valence-corrected chi connectivity index (χ0v) is 13.7. The van der Waals surface area contributed by atoms with Gasteiger partial charge in [-0.05, 0) is 43.5 Å². The van der Waals surface area contributed by atoms with Crippen molar-refractivity contribution in [3.63, 3.8) is 0 Å². The highest BCUT2D eigenvalue weighted by atomic mass is 16.5. The molecule has 0 radical (unpaired) electrons. The number of methoxy groups -OCH3 is 1. The monoisotopic (exact) mass is 325 g/mol. The third-order valence-electron chi connectivity index (χ3n) is 3.93. The maximum atomic E-state index is 12.3. The van der Waals surface area contributed by atoms with Gasteiger partial charge in [-0.15, -0.1) is 0 Å². The lowest BCUT2D eigenvalue weighted by molar-refractivity contribution is 0.0465. The lowest BCUT2D eigenvalue weighted by Gasteiger charge is -2.04. The van der Waals surface area contributed by atoms with Crippen molar-refractivity contribution in [1.29, 1.82) is 0 Å². The van der Waals surface area contributed by atoms with E-state index < -0.39 is 5.97 Å². The number of furan rings is 1. The van der Waals surface area contributed by atoms with Crippen LogP contribution in [0, 0.1) is 6.92 Å². The van der Waals surface area contributed by atoms with Crippen molar-refractivity contribution in [2.24, 2.45) is 0 Å². The smallest absolute Gasteiger partial charge is 0.374 e. The maximum absolute atomic E-state index is 12.3. The van der Waals surface area contributed by atoms with Crippen LogP contribution >= 0.6 is 0 Å². The predicted octanol–water partition coefficient (Wildman–Crippen LogP) is 3.93. The number of ether oxygens (including phenoxy) is 2. The first-order chi connectivity index (χ1) is 11.7. The van der Waals surface area contributed by atoms with E-state index in [2.05, 4.69) is 4.98 Å². The van der Waals surface area contributed by atoms with Crippen LogP contribution in [0.15, 0.2) is 47.1 Å². The Labute approximate surface area is 140 Å². The highest BCUT2D eigenvalue weighted by Crippen LogP contribution is 2.32. The van der Waals surface area contributed by atoms with Gasteiger partial charge in [0.2, 0.25) is 5.76 Å². The fourth-order valence-corrected chi connectivity index (χ4v) is 2.63. The Morgan fingerprint density at radius 1 is 1.21 bits per heavy atom. The summed E-state index contributed by atoms with van der Waals surface area (Å²) in [6, 6.07) is 9.48. The Balaban J connectivity index is 1.65. The zero-order valence-electron chi connectivity index (χ0n) is 13.7. The fourth-order valence-electron chi connectivity index (χ4n) is 2.63. The van der Waals surface area contributed by atoms with Gasteiger partial charge < -0.3 is 13.9 Å². The Hall–Kier alpha value is -2.82. The van der Waals surface area contributed by atoms with Crippen LogP contribution in [-0.2, 0) is 11.2 Å². The molecule has 3 aromatic rings. The van der Waals surface area contributed by atoms with Crippen LogP contribution in [0.5, 0.6) is 5.75 Å². The maximum Gasteiger partial charge on any atom is 0.374 e. The molecule has 0 bridgehead atoms. The number of carbonyl (C=O) groups is 1. The van der Waals surface area contributed by atoms with E-state index in [0.717, 1.165) is 23.8 Å². The van der Waals surface area contributed by atoms with E-state index in [1.807, 2.05) is 31.2 Å². The number of aryl methyl sites for hydroxylation is 2. The van der Waals surface area contributed by atoms with Gasteiger partial charge >= 0.3 is 5.97 Å². The predicted molar refractivity (Wildman–Crippen MR) is 90.3 cm³/mol. The summed E-state index contributed by atoms with van der Waals surface area (Å²) in [7, 11) is 1.57. The van der Waals surface area contributed by atoms with Gasteiger partial charge in [0, 0.05) is 23.3 Å². The molecule has 0 N–H and O–H groups in total. The Bertz CT molecular complexity index is 839. The molecule has 0 atom stereocenters. The molecule has 0 saturated carbocycles. The van der Waals surface area contributed by atoms with Gasteiger partial charge in [0.15, 0.2) is 11.3 Å². The topological polar surface area (TPSA) is 61.6 Å². The Morgan fingerprint density at radius 2 is 2.00 bits per heavy atom. The highest BCUT2D eigenvalue weighted by molar-refractivity contribution is 5.97. The standard InChI is InChI=1S/C19H19NO4/c1-13-15-6-3-7-16(22-2)18(15)24-17(13)19(21)23-12-4-5-14-8-10-20-11-9-14/h3,6-11H,4-5,12H2,1-2H3. The fraction of sp³-hybridized carbons (Fsp3) is 0.263. The lowest BCUT2D eigenvalue weighted by atomic mass is 10.1. The average molecular weight is 325 g/mol. The van der Waals surface area contributed by atoms with Crippen molar-refractivity contribution in [2.45, 2.75) is 19.8 Å². The first kappa shape index (κ1) is 16.1. The minimum atomic E-state index is -0.444. The molecule has 24 heavy (non-hydrogen) atoms. The molecule has 0 fully saturated rings. The van der Waals surface area contributed by atoms with Crippen LogP contribution in [0.25, 0.3) is 11.0 Å². The van der Waals surface area contributed by atoms with E-state index in [0.29, 0.717) is 17.9 Å². The van der Waals surface area contributed by atoms with Gasteiger partial charge in [-0.2, -0.15) is 0 Å². The van der Waals surface area contributed by atoms with Crippen molar-refractivity contribution >= 4 is 16.9 Å². The van der Waals surface area contributed by atoms with E-state index in [1.54, 1.807) is 25.6 Å². The molecule has 124 valence electrons. The van der Waals surface area contributed by atoms with E-state index in [1.165, 1.54) is 5.56 Å². The van der Waals surface area contributed by atoms with Crippen LogP contribution in [0.2, 0.25) is 0 Å². The van der Waals surface area contributed by atoms with Crippen molar-refractivity contribution < 1.29 is 18.7 Å². The van der Waals surface area contributed by atoms with Crippen molar-refractivity contribution in [3.8, 4) is 5.75 Å². The van der Waals surface area contributed by atoms with Gasteiger partial charge in [-0.1, -0.05) is 12.1 Å². The molecular formula is C19H19NO4. The highest BCUT2D eigenvalue weighted by Gasteiger charge is 2.20. The molecule has 3 rings (SSSR count). The number of pyridine rings is 1. The first-order valence-corrected chi connectivity index (χ1v) is 7.83. The van der Waals surface area contributed by atoms with Crippen LogP contribution < -0.4 is 4.74 Å². The molecule has 0 aliphatic heterocycles. The molecule has 0 unspecified atom stereocenters. The minimum absolute atomic E-state index is 0.235. The normalized spacial score (nSPS) is 10.8. The SMILES string of the molecule is COc1cccc2c(C)c(C(=O)OCCCc3ccncc3)oc12. The van der Waals surface area contributed by atoms with Crippen molar-refractivity contribution in [1.82, 2.24) is 4.98 Å². The molecule has 0 saturated heterocycles. The largest absolute Gasteiger partial charge is 0.493 e. The second-order valence-electron chi connectivity index (χ2n) is 5.49. The van der Waals surface area contributed by atoms with Crippen LogP contribution in [0.1, 0.15) is 28.1 Å². The summed E-state index contributed by atoms with van der Waals surface area (Å²) in [6.07, 6.45) is 5.10. The summed E-state index contributed by atoms with van der Waals surface area (Å²) in [5.74, 6) is 0.395. The van der Waals surface area contributed by atoms with Gasteiger partial charge in [0.25, 0.3) is 0 Å². The van der Waals surface area contributed by atoms with Crippen LogP contribution in [0.4, 0.5) is 0 Å². The molecular weight excluding hydrogens is 306 g/mol. The number of para-hydroxylation sites is 1. The Kier molecular flexibility index (Phi) is 4.79. The average Bonchev–Trinajstić information content (AvgIpc) is 2.96. The number of hydrogen-bond acceptors (Lipinski definition) is 5. The molecule has 0 aliphatic carbocycles. The van der Waals surface area contributed by atoms with Crippen molar-refractivity contribution in [3.05, 3.63) is 59.6 Å². The number of aromatic nitrogens is 1. The number of esters is 1. The summed E-state index contributed by atoms with van der Waals surface area (Å²) >= 11 is 0. The summed E-state index contributed by atoms with van der Waals surface area (Å²) in [4.78, 5) is 16.3. The number of rotatable bonds is 6. The first-order valence-electron chi connectivity index (χ1n) is 7.83. The van der Waals surface area contributed by atoms with Crippen LogP contribution in [0.3, 0.4) is 0 Å². The molecule has 5 nitrogen and oxygen atoms in total. The van der Waals surface area contributed by atoms with E-state index >= 15 is 0 Å². The quantitative estimate of drug-likeness (QED) is 0.507. The zero-order chi connectivity index (χ0) is 16.9. The molecule has 0 spiro atoms. The molecule has 2 aromatic heterocycles. The number of hydrogen-bond donors (Lipinski definition) is 0. The summed E-state index contributed by atoms with van der Waals surface area (Å²) in [6.45, 7) is 2.19. The van der Waals surface area contributed by atoms with Crippen LogP contribution in [-0.4, -0.2) is 24.7 Å². The number of fused-ring (bicyclic) bond motifs is 1. The number of carbonyl (C=O) groups excluding carboxylic acids is 1. The molecule has 1 aromatic carbocycles. The van der Waals surface area contributed by atoms with Gasteiger partial charge in [0.1, 0.15) is 0 Å². The number of benzene rings is 1. The van der Waals surface area contributed by atoms with Gasteiger partial charge in [-0.3, -0.25) is 4.98 Å².